The van der Waals surface area contributed by atoms with Crippen LogP contribution in [0, 0.1) is 0 Å². The summed E-state index contributed by atoms with van der Waals surface area (Å²) in [5.41, 5.74) is 0. The van der Waals surface area contributed by atoms with Crippen molar-refractivity contribution in [3.05, 3.63) is 0 Å². The molecule has 0 saturated heterocycles. The topological polar surface area (TPSA) is 66.8 Å². The van der Waals surface area contributed by atoms with Crippen molar-refractivity contribution in [1.82, 2.24) is 4.90 Å². The summed E-state index contributed by atoms with van der Waals surface area (Å²) in [6.07, 6.45) is -3.21. The molecule has 0 spiro atoms. The molecule has 0 aromatic rings. The monoisotopic (exact) mass is 309 g/mol. The Hall–Kier alpha value is -0.610. The molecular weight excluding hydrogens is 295 g/mol. The molecule has 0 bridgehead atoms. The first-order chi connectivity index (χ1) is 8.07. The highest BCUT2D eigenvalue weighted by molar-refractivity contribution is 7.86. The van der Waals surface area contributed by atoms with E-state index in [-0.39, 0.29) is 5.17 Å². The number of ether oxygens (including phenoxy) is 1. The summed E-state index contributed by atoms with van der Waals surface area (Å²) in [4.78, 5) is 1.45. The van der Waals surface area contributed by atoms with Crippen molar-refractivity contribution in [2.75, 3.05) is 19.7 Å². The van der Waals surface area contributed by atoms with Crippen molar-refractivity contribution < 1.29 is 30.9 Å². The number of alkyl halides is 3. The van der Waals surface area contributed by atoms with E-state index in [1.54, 1.807) is 13.8 Å². The Morgan fingerprint density at radius 3 is 2.22 bits per heavy atom. The Kier molecular flexibility index (Phi) is 6.30. The van der Waals surface area contributed by atoms with E-state index in [1.807, 2.05) is 0 Å². The zero-order valence-corrected chi connectivity index (χ0v) is 11.4. The van der Waals surface area contributed by atoms with Gasteiger partial charge in [0.2, 0.25) is 6.17 Å². The summed E-state index contributed by atoms with van der Waals surface area (Å²) in [6, 6.07) is 0. The van der Waals surface area contributed by atoms with Crippen LogP contribution < -0.4 is 0 Å². The van der Waals surface area contributed by atoms with Crippen molar-refractivity contribution in [3.8, 4) is 0 Å². The van der Waals surface area contributed by atoms with Crippen LogP contribution >= 0.6 is 12.2 Å². The van der Waals surface area contributed by atoms with Crippen molar-refractivity contribution in [1.29, 1.82) is 0 Å². The fourth-order valence-electron chi connectivity index (χ4n) is 0.976. The van der Waals surface area contributed by atoms with Gasteiger partial charge in [-0.05, 0) is 26.1 Å². The van der Waals surface area contributed by atoms with Crippen LogP contribution in [0.5, 0.6) is 0 Å². The highest BCUT2D eigenvalue weighted by atomic mass is 32.2. The molecule has 0 aliphatic rings. The molecule has 0 fully saturated rings. The number of rotatable bonds is 6. The van der Waals surface area contributed by atoms with Crippen molar-refractivity contribution in [2.24, 2.45) is 0 Å². The van der Waals surface area contributed by atoms with Gasteiger partial charge < -0.3 is 9.64 Å². The second-order valence-electron chi connectivity index (χ2n) is 3.25. The van der Waals surface area contributed by atoms with Crippen LogP contribution in [-0.4, -0.2) is 54.2 Å². The van der Waals surface area contributed by atoms with E-state index >= 15 is 0 Å². The average Bonchev–Trinajstić information content (AvgIpc) is 2.25. The number of nitrogens with zero attached hydrogens (tertiary/aromatic N) is 1. The molecule has 0 rings (SSSR count). The fourth-order valence-corrected chi connectivity index (χ4v) is 1.69. The second-order valence-corrected chi connectivity index (χ2v) is 5.10. The molecule has 0 amide bonds. The molecule has 0 heterocycles. The Bertz CT molecular complexity index is 384. The minimum atomic E-state index is -5.83. The van der Waals surface area contributed by atoms with Gasteiger partial charge in [0.1, 0.15) is 6.61 Å². The van der Waals surface area contributed by atoms with E-state index < -0.39 is 28.2 Å². The summed E-state index contributed by atoms with van der Waals surface area (Å²) in [5.74, 6) is 0. The van der Waals surface area contributed by atoms with Crippen molar-refractivity contribution in [2.45, 2.75) is 25.3 Å². The third-order valence-corrected chi connectivity index (χ3v) is 3.40. The van der Waals surface area contributed by atoms with E-state index in [0.717, 1.165) is 0 Å². The van der Waals surface area contributed by atoms with Gasteiger partial charge in [-0.25, -0.2) is 4.39 Å². The molecule has 108 valence electrons. The third-order valence-electron chi connectivity index (χ3n) is 2.08. The second kappa shape index (κ2) is 6.53. The van der Waals surface area contributed by atoms with Crippen LogP contribution in [0.15, 0.2) is 0 Å². The van der Waals surface area contributed by atoms with Gasteiger partial charge in [-0.2, -0.15) is 17.2 Å². The third kappa shape index (κ3) is 4.25. The lowest BCUT2D eigenvalue weighted by Crippen LogP contribution is -2.42. The molecule has 0 aromatic carbocycles. The smallest absolute Gasteiger partial charge is 0.403 e. The summed E-state index contributed by atoms with van der Waals surface area (Å²) < 4.78 is 71.8. The highest BCUT2D eigenvalue weighted by Crippen LogP contribution is 2.27. The lowest BCUT2D eigenvalue weighted by molar-refractivity contribution is -0.0259. The van der Waals surface area contributed by atoms with E-state index in [9.17, 15) is 21.6 Å². The molecule has 10 heteroatoms. The fraction of sp³-hybridized carbons (Fsp3) is 0.875. The maximum Gasteiger partial charge on any atom is 0.403 e. The molecule has 18 heavy (non-hydrogen) atoms. The van der Waals surface area contributed by atoms with Gasteiger partial charge in [-0.3, -0.25) is 4.55 Å². The van der Waals surface area contributed by atoms with Crippen LogP contribution in [0.25, 0.3) is 0 Å². The van der Waals surface area contributed by atoms with E-state index in [0.29, 0.717) is 13.1 Å². The number of hydrogen-bond acceptors (Lipinski definition) is 4. The van der Waals surface area contributed by atoms with E-state index in [1.165, 1.54) is 4.90 Å². The molecule has 1 N–H and O–H groups in total. The van der Waals surface area contributed by atoms with Gasteiger partial charge in [0, 0.05) is 13.1 Å². The molecule has 0 radical (unpaired) electrons. The Labute approximate surface area is 109 Å². The van der Waals surface area contributed by atoms with E-state index in [4.69, 9.17) is 4.55 Å². The van der Waals surface area contributed by atoms with Crippen LogP contribution in [0.4, 0.5) is 13.2 Å². The van der Waals surface area contributed by atoms with Crippen molar-refractivity contribution in [3.63, 3.8) is 0 Å². The van der Waals surface area contributed by atoms with Gasteiger partial charge >= 0.3 is 15.4 Å². The minimum Gasteiger partial charge on any atom is -0.468 e. The Balaban J connectivity index is 4.53. The predicted octanol–water partition coefficient (Wildman–Crippen LogP) is 1.45. The molecule has 0 aliphatic carbocycles. The summed E-state index contributed by atoms with van der Waals surface area (Å²) in [7, 11) is -5.83. The molecule has 1 atom stereocenters. The molecular formula is C8H14F3NO4S2. The predicted molar refractivity (Wildman–Crippen MR) is 62.9 cm³/mol. The Morgan fingerprint density at radius 1 is 1.44 bits per heavy atom. The van der Waals surface area contributed by atoms with Crippen LogP contribution in [0.1, 0.15) is 13.8 Å². The minimum absolute atomic E-state index is 0.214. The first-order valence-corrected chi connectivity index (χ1v) is 6.83. The molecule has 0 aliphatic heterocycles. The van der Waals surface area contributed by atoms with Crippen molar-refractivity contribution >= 4 is 27.5 Å². The highest BCUT2D eigenvalue weighted by Gasteiger charge is 2.53. The first kappa shape index (κ1) is 17.4. The standard InChI is InChI=1S/C8H14F3NO4S2/c1-3-12(4-2)7(17)16-5-6(9)8(10,11)18(13,14)15/h6H,3-5H2,1-2H3,(H,13,14,15). The lowest BCUT2D eigenvalue weighted by Gasteiger charge is -2.23. The van der Waals surface area contributed by atoms with Gasteiger partial charge in [0.25, 0.3) is 5.17 Å². The van der Waals surface area contributed by atoms with Gasteiger partial charge in [0.15, 0.2) is 0 Å². The maximum absolute atomic E-state index is 13.0. The largest absolute Gasteiger partial charge is 0.468 e. The molecule has 1 unspecified atom stereocenters. The van der Waals surface area contributed by atoms with Crippen LogP contribution in [0.3, 0.4) is 0 Å². The van der Waals surface area contributed by atoms with Crippen LogP contribution in [0.2, 0.25) is 0 Å². The molecule has 0 aromatic heterocycles. The van der Waals surface area contributed by atoms with Gasteiger partial charge in [-0.15, -0.1) is 0 Å². The normalized spacial score (nSPS) is 14.1. The van der Waals surface area contributed by atoms with E-state index in [2.05, 4.69) is 17.0 Å². The van der Waals surface area contributed by atoms with Gasteiger partial charge in [0.05, 0.1) is 0 Å². The zero-order chi connectivity index (χ0) is 14.6. The lowest BCUT2D eigenvalue weighted by atomic mass is 10.4. The molecule has 5 nitrogen and oxygen atoms in total. The average molecular weight is 309 g/mol. The summed E-state index contributed by atoms with van der Waals surface area (Å²) in [5, 5.41) is -5.14. The zero-order valence-electron chi connectivity index (χ0n) is 9.77. The SMILES string of the molecule is CCN(CC)C(=S)OCC(F)C(F)(F)S(=O)(=O)O. The van der Waals surface area contributed by atoms with Crippen LogP contribution in [-0.2, 0) is 14.9 Å². The number of thiocarbonyl (C=S) groups is 1. The number of hydrogen-bond donors (Lipinski definition) is 1. The quantitative estimate of drug-likeness (QED) is 0.592. The molecule has 0 saturated carbocycles. The van der Waals surface area contributed by atoms with Gasteiger partial charge in [-0.1, -0.05) is 0 Å². The maximum atomic E-state index is 13.0. The number of halogens is 3. The Morgan fingerprint density at radius 2 is 1.89 bits per heavy atom. The first-order valence-electron chi connectivity index (χ1n) is 4.98. The summed E-state index contributed by atoms with van der Waals surface area (Å²) in [6.45, 7) is 3.04. The summed E-state index contributed by atoms with van der Waals surface area (Å²) >= 11 is 4.69.